The van der Waals surface area contributed by atoms with Crippen LogP contribution in [0.3, 0.4) is 0 Å². The fourth-order valence-corrected chi connectivity index (χ4v) is 2.03. The van der Waals surface area contributed by atoms with Crippen LogP contribution in [0.2, 0.25) is 0 Å². The first kappa shape index (κ1) is 14.7. The number of carbonyl (C=O) groups is 1. The van der Waals surface area contributed by atoms with Crippen molar-refractivity contribution < 1.29 is 14.6 Å². The van der Waals surface area contributed by atoms with Gasteiger partial charge in [0.25, 0.3) is 0 Å². The standard InChI is InChI=1S/C14H15BrN2O3/c1-10(18)11-3-2-4-14(5-11)20-9-13(19)8-17-7-12(15)6-16-17/h2-7,13,19H,8-9H2,1H3. The van der Waals surface area contributed by atoms with Crippen LogP contribution < -0.4 is 4.74 Å². The van der Waals surface area contributed by atoms with Crippen molar-refractivity contribution in [3.05, 3.63) is 46.7 Å². The molecule has 0 bridgehead atoms. The number of hydrogen-bond donors (Lipinski definition) is 1. The lowest BCUT2D eigenvalue weighted by atomic mass is 10.1. The molecule has 0 amide bonds. The second-order valence-corrected chi connectivity index (χ2v) is 5.35. The van der Waals surface area contributed by atoms with Crippen molar-refractivity contribution in [3.63, 3.8) is 0 Å². The molecule has 106 valence electrons. The van der Waals surface area contributed by atoms with Crippen molar-refractivity contribution >= 4 is 21.7 Å². The molecule has 2 rings (SSSR count). The van der Waals surface area contributed by atoms with Crippen LogP contribution in [0, 0.1) is 0 Å². The normalized spacial score (nSPS) is 12.2. The Morgan fingerprint density at radius 1 is 1.55 bits per heavy atom. The fourth-order valence-electron chi connectivity index (χ4n) is 1.70. The van der Waals surface area contributed by atoms with Crippen molar-refractivity contribution in [2.75, 3.05) is 6.61 Å². The van der Waals surface area contributed by atoms with Crippen molar-refractivity contribution in [1.29, 1.82) is 0 Å². The van der Waals surface area contributed by atoms with E-state index < -0.39 is 6.10 Å². The highest BCUT2D eigenvalue weighted by molar-refractivity contribution is 9.10. The summed E-state index contributed by atoms with van der Waals surface area (Å²) in [5.41, 5.74) is 0.591. The predicted octanol–water partition coefficient (Wildman–Crippen LogP) is 2.29. The number of aliphatic hydroxyl groups excluding tert-OH is 1. The van der Waals surface area contributed by atoms with E-state index in [0.717, 1.165) is 4.47 Å². The molecule has 0 aliphatic rings. The molecule has 0 aliphatic heterocycles. The summed E-state index contributed by atoms with van der Waals surface area (Å²) in [6.45, 7) is 1.99. The molecule has 0 fully saturated rings. The number of ether oxygens (including phenoxy) is 1. The maximum absolute atomic E-state index is 11.3. The SMILES string of the molecule is CC(=O)c1cccc(OCC(O)Cn2cc(Br)cn2)c1. The minimum absolute atomic E-state index is 0.0163. The van der Waals surface area contributed by atoms with Gasteiger partial charge in [0, 0.05) is 11.8 Å². The van der Waals surface area contributed by atoms with E-state index in [2.05, 4.69) is 21.0 Å². The van der Waals surface area contributed by atoms with Crippen molar-refractivity contribution in [1.82, 2.24) is 9.78 Å². The Morgan fingerprint density at radius 3 is 3.00 bits per heavy atom. The Labute approximate surface area is 125 Å². The van der Waals surface area contributed by atoms with E-state index >= 15 is 0 Å². The summed E-state index contributed by atoms with van der Waals surface area (Å²) < 4.78 is 7.97. The van der Waals surface area contributed by atoms with E-state index in [-0.39, 0.29) is 12.4 Å². The van der Waals surface area contributed by atoms with E-state index in [1.165, 1.54) is 6.92 Å². The molecule has 0 spiro atoms. The second kappa shape index (κ2) is 6.67. The number of rotatable bonds is 6. The van der Waals surface area contributed by atoms with Gasteiger partial charge >= 0.3 is 0 Å². The molecule has 1 aromatic heterocycles. The van der Waals surface area contributed by atoms with Crippen LogP contribution in [0.5, 0.6) is 5.75 Å². The fraction of sp³-hybridized carbons (Fsp3) is 0.286. The van der Waals surface area contributed by atoms with Gasteiger partial charge in [-0.2, -0.15) is 5.10 Å². The third-order valence-electron chi connectivity index (χ3n) is 2.68. The molecule has 0 saturated carbocycles. The first-order valence-corrected chi connectivity index (χ1v) is 6.93. The Kier molecular flexibility index (Phi) is 4.92. The highest BCUT2D eigenvalue weighted by atomic mass is 79.9. The summed E-state index contributed by atoms with van der Waals surface area (Å²) in [5, 5.41) is 13.9. The molecule has 1 heterocycles. The molecule has 5 nitrogen and oxygen atoms in total. The van der Waals surface area contributed by atoms with Gasteiger partial charge < -0.3 is 9.84 Å². The smallest absolute Gasteiger partial charge is 0.159 e. The number of ketones is 1. The van der Waals surface area contributed by atoms with Gasteiger partial charge in [-0.25, -0.2) is 0 Å². The monoisotopic (exact) mass is 338 g/mol. The molecule has 20 heavy (non-hydrogen) atoms. The van der Waals surface area contributed by atoms with Crippen LogP contribution in [-0.4, -0.2) is 33.4 Å². The van der Waals surface area contributed by atoms with Crippen molar-refractivity contribution in [3.8, 4) is 5.75 Å². The van der Waals surface area contributed by atoms with Crippen molar-refractivity contribution in [2.45, 2.75) is 19.6 Å². The van der Waals surface area contributed by atoms with Crippen molar-refractivity contribution in [2.24, 2.45) is 0 Å². The molecular weight excluding hydrogens is 324 g/mol. The number of aromatic nitrogens is 2. The molecule has 0 radical (unpaired) electrons. The van der Waals surface area contributed by atoms with E-state index in [1.54, 1.807) is 41.3 Å². The molecule has 1 N–H and O–H groups in total. The number of Topliss-reactive ketones (excluding diaryl/α,β-unsaturated/α-hetero) is 1. The highest BCUT2D eigenvalue weighted by Gasteiger charge is 2.08. The maximum Gasteiger partial charge on any atom is 0.159 e. The first-order chi connectivity index (χ1) is 9.54. The highest BCUT2D eigenvalue weighted by Crippen LogP contribution is 2.14. The molecule has 1 unspecified atom stereocenters. The Bertz CT molecular complexity index is 598. The summed E-state index contributed by atoms with van der Waals surface area (Å²) in [6.07, 6.45) is 2.76. The molecule has 1 aromatic carbocycles. The Hall–Kier alpha value is -1.66. The topological polar surface area (TPSA) is 64.3 Å². The number of hydrogen-bond acceptors (Lipinski definition) is 4. The summed E-state index contributed by atoms with van der Waals surface area (Å²) in [5.74, 6) is 0.552. The number of aliphatic hydroxyl groups is 1. The van der Waals surface area contributed by atoms with Crippen LogP contribution >= 0.6 is 15.9 Å². The third kappa shape index (κ3) is 4.18. The summed E-state index contributed by atoms with van der Waals surface area (Å²) in [6, 6.07) is 6.90. The largest absolute Gasteiger partial charge is 0.491 e. The minimum atomic E-state index is -0.678. The van der Waals surface area contributed by atoms with Crippen LogP contribution in [0.1, 0.15) is 17.3 Å². The zero-order valence-corrected chi connectivity index (χ0v) is 12.6. The van der Waals surface area contributed by atoms with Gasteiger partial charge in [-0.05, 0) is 35.0 Å². The van der Waals surface area contributed by atoms with Crippen LogP contribution in [-0.2, 0) is 6.54 Å². The van der Waals surface area contributed by atoms with Crippen LogP contribution in [0.4, 0.5) is 0 Å². The molecular formula is C14H15BrN2O3. The lowest BCUT2D eigenvalue weighted by Crippen LogP contribution is -2.23. The van der Waals surface area contributed by atoms with Gasteiger partial charge in [-0.3, -0.25) is 9.48 Å². The molecule has 0 aliphatic carbocycles. The van der Waals surface area contributed by atoms with Gasteiger partial charge in [-0.15, -0.1) is 0 Å². The average molecular weight is 339 g/mol. The summed E-state index contributed by atoms with van der Waals surface area (Å²) in [4.78, 5) is 11.3. The quantitative estimate of drug-likeness (QED) is 0.820. The van der Waals surface area contributed by atoms with E-state index in [1.807, 2.05) is 0 Å². The molecule has 2 aromatic rings. The van der Waals surface area contributed by atoms with Gasteiger partial charge in [0.15, 0.2) is 5.78 Å². The molecule has 6 heteroatoms. The third-order valence-corrected chi connectivity index (χ3v) is 3.09. The zero-order valence-electron chi connectivity index (χ0n) is 11.0. The number of halogens is 1. The maximum atomic E-state index is 11.3. The number of carbonyl (C=O) groups excluding carboxylic acids is 1. The summed E-state index contributed by atoms with van der Waals surface area (Å²) >= 11 is 3.29. The van der Waals surface area contributed by atoms with Crippen LogP contribution in [0.15, 0.2) is 41.1 Å². The number of benzene rings is 1. The van der Waals surface area contributed by atoms with Gasteiger partial charge in [0.2, 0.25) is 0 Å². The lowest BCUT2D eigenvalue weighted by Gasteiger charge is -2.12. The van der Waals surface area contributed by atoms with Gasteiger partial charge in [0.05, 0.1) is 17.2 Å². The molecule has 1 atom stereocenters. The lowest BCUT2D eigenvalue weighted by molar-refractivity contribution is 0.0892. The van der Waals surface area contributed by atoms with E-state index in [9.17, 15) is 9.90 Å². The summed E-state index contributed by atoms with van der Waals surface area (Å²) in [7, 11) is 0. The van der Waals surface area contributed by atoms with Crippen LogP contribution in [0.25, 0.3) is 0 Å². The Morgan fingerprint density at radius 2 is 2.35 bits per heavy atom. The number of nitrogens with zero attached hydrogens (tertiary/aromatic N) is 2. The molecule has 0 saturated heterocycles. The minimum Gasteiger partial charge on any atom is -0.491 e. The van der Waals surface area contributed by atoms with E-state index in [0.29, 0.717) is 17.9 Å². The van der Waals surface area contributed by atoms with E-state index in [4.69, 9.17) is 4.74 Å². The Balaban J connectivity index is 1.88. The first-order valence-electron chi connectivity index (χ1n) is 6.14. The predicted molar refractivity (Wildman–Crippen MR) is 77.9 cm³/mol. The average Bonchev–Trinajstić information content (AvgIpc) is 2.82. The van der Waals surface area contributed by atoms with Gasteiger partial charge in [0.1, 0.15) is 18.5 Å². The van der Waals surface area contributed by atoms with Gasteiger partial charge in [-0.1, -0.05) is 12.1 Å². The zero-order chi connectivity index (χ0) is 14.5. The second-order valence-electron chi connectivity index (χ2n) is 4.43.